The molecule has 0 aliphatic carbocycles. The molecule has 0 radical (unpaired) electrons. The van der Waals surface area contributed by atoms with Crippen LogP contribution in [0.4, 0.5) is 0 Å². The molecule has 0 N–H and O–H groups in total. The monoisotopic (exact) mass is 915 g/mol. The van der Waals surface area contributed by atoms with E-state index in [1.54, 1.807) is 0 Å². The fourth-order valence-corrected chi connectivity index (χ4v) is 11.1. The van der Waals surface area contributed by atoms with Crippen molar-refractivity contribution in [1.29, 1.82) is 0 Å². The summed E-state index contributed by atoms with van der Waals surface area (Å²) in [6.45, 7) is 0. The molecule has 3 nitrogen and oxygen atoms in total. The minimum atomic E-state index is 0.941. The van der Waals surface area contributed by atoms with Crippen LogP contribution in [-0.4, -0.2) is 14.1 Å². The maximum atomic E-state index is 5.38. The number of fused-ring (bicyclic) bond motifs is 7. The molecule has 11 aromatic carbocycles. The van der Waals surface area contributed by atoms with Crippen LogP contribution in [0.1, 0.15) is 0 Å². The molecule has 0 aliphatic rings. The van der Waals surface area contributed by atoms with Crippen LogP contribution in [0, 0.1) is 0 Å². The topological polar surface area (TPSA) is 22.8 Å². The van der Waals surface area contributed by atoms with Gasteiger partial charge in [0.25, 0.3) is 0 Å². The Morgan fingerprint density at radius 1 is 0.222 bits per heavy atom. The highest BCUT2D eigenvalue weighted by Gasteiger charge is 2.16. The Labute approximate surface area is 417 Å². The first kappa shape index (κ1) is 41.4. The lowest BCUT2D eigenvalue weighted by Crippen LogP contribution is -1.94. The van der Waals surface area contributed by atoms with Crippen molar-refractivity contribution in [3.8, 4) is 78.3 Å². The fraction of sp³-hybridized carbons (Fsp3) is 0. The normalized spacial score (nSPS) is 11.6. The maximum absolute atomic E-state index is 5.38. The van der Waals surface area contributed by atoms with Crippen molar-refractivity contribution in [2.45, 2.75) is 0 Å². The molecule has 72 heavy (non-hydrogen) atoms. The predicted octanol–water partition coefficient (Wildman–Crippen LogP) is 18.4. The molecule has 0 spiro atoms. The van der Waals surface area contributed by atoms with E-state index in [9.17, 15) is 0 Å². The molecule has 14 aromatic rings. The average Bonchev–Trinajstić information content (AvgIpc) is 3.98. The van der Waals surface area contributed by atoms with Gasteiger partial charge in [-0.2, -0.15) is 0 Å². The van der Waals surface area contributed by atoms with E-state index >= 15 is 0 Å². The molecule has 336 valence electrons. The van der Waals surface area contributed by atoms with E-state index in [1.165, 1.54) is 65.9 Å². The average molecular weight is 916 g/mol. The smallest absolute Gasteiger partial charge is 0.0716 e. The number of rotatable bonds is 8. The molecule has 0 aliphatic heterocycles. The third-order valence-electron chi connectivity index (χ3n) is 14.5. The summed E-state index contributed by atoms with van der Waals surface area (Å²) in [4.78, 5) is 5.38. The largest absolute Gasteiger partial charge is 0.309 e. The summed E-state index contributed by atoms with van der Waals surface area (Å²) in [5, 5.41) is 6.17. The molecule has 0 saturated carbocycles. The number of para-hydroxylation sites is 4. The Morgan fingerprint density at radius 2 is 0.569 bits per heavy atom. The number of pyridine rings is 1. The van der Waals surface area contributed by atoms with E-state index in [-0.39, 0.29) is 0 Å². The number of nitrogens with zero attached hydrogens (tertiary/aromatic N) is 3. The van der Waals surface area contributed by atoms with Gasteiger partial charge in [-0.25, -0.2) is 4.98 Å². The molecular weight excluding hydrogens is 871 g/mol. The Hall–Kier alpha value is -9.57. The Balaban J connectivity index is 0.806. The zero-order valence-corrected chi connectivity index (χ0v) is 39.3. The van der Waals surface area contributed by atoms with Crippen LogP contribution in [0.2, 0.25) is 0 Å². The summed E-state index contributed by atoms with van der Waals surface area (Å²) in [5.74, 6) is 0. The van der Waals surface area contributed by atoms with E-state index in [4.69, 9.17) is 4.98 Å². The molecule has 0 fully saturated rings. The second-order valence-corrected chi connectivity index (χ2v) is 18.7. The lowest BCUT2D eigenvalue weighted by Gasteiger charge is -2.14. The van der Waals surface area contributed by atoms with Crippen molar-refractivity contribution in [3.05, 3.63) is 273 Å². The Kier molecular flexibility index (Phi) is 9.85. The van der Waals surface area contributed by atoms with Gasteiger partial charge in [0, 0.05) is 43.9 Å². The summed E-state index contributed by atoms with van der Waals surface area (Å²) in [6.07, 6.45) is 0. The van der Waals surface area contributed by atoms with Crippen LogP contribution >= 0.6 is 0 Å². The molecule has 0 unspecified atom stereocenters. The van der Waals surface area contributed by atoms with Crippen LogP contribution in [-0.2, 0) is 0 Å². The fourth-order valence-electron chi connectivity index (χ4n) is 11.1. The van der Waals surface area contributed by atoms with Gasteiger partial charge in [-0.15, -0.1) is 0 Å². The van der Waals surface area contributed by atoms with Gasteiger partial charge in [0.1, 0.15) is 0 Å². The van der Waals surface area contributed by atoms with Gasteiger partial charge in [0.2, 0.25) is 0 Å². The minimum Gasteiger partial charge on any atom is -0.309 e. The Morgan fingerprint density at radius 3 is 1.03 bits per heavy atom. The lowest BCUT2D eigenvalue weighted by molar-refractivity contribution is 1.18. The highest BCUT2D eigenvalue weighted by atomic mass is 15.0. The standard InChI is InChI=1S/C69H45N3/c1-2-17-46(18-3-1)62-45-65(55-26-14-23-51(41-55)47-19-12-20-48(39-47)52-24-15-27-56(42-52)71-66-33-8-4-29-58(66)59-30-5-9-34-67(59)71)70-64-38-37-54(44-63(62)64)50-22-13-21-49(40-50)53-25-16-28-57(43-53)72-68-35-10-6-31-60(68)61-32-7-11-36-69(61)72/h1-45H. The zero-order chi connectivity index (χ0) is 47.5. The zero-order valence-electron chi connectivity index (χ0n) is 39.3. The first-order chi connectivity index (χ1) is 35.7. The summed E-state index contributed by atoms with van der Waals surface area (Å²) in [7, 11) is 0. The van der Waals surface area contributed by atoms with Crippen LogP contribution in [0.5, 0.6) is 0 Å². The summed E-state index contributed by atoms with van der Waals surface area (Å²) >= 11 is 0. The van der Waals surface area contributed by atoms with Crippen molar-refractivity contribution in [1.82, 2.24) is 14.1 Å². The third-order valence-corrected chi connectivity index (χ3v) is 14.5. The molecule has 0 atom stereocenters. The molecule has 0 saturated heterocycles. The number of benzene rings is 11. The summed E-state index contributed by atoms with van der Waals surface area (Å²) in [6, 6.07) is 99.0. The quantitative estimate of drug-likeness (QED) is 0.149. The van der Waals surface area contributed by atoms with E-state index in [0.717, 1.165) is 66.9 Å². The first-order valence-electron chi connectivity index (χ1n) is 24.7. The SMILES string of the molecule is c1ccc(-c2cc(-c3cccc(-c4cccc(-c5cccc(-n6c7ccccc7c7ccccc76)c5)c4)c3)nc3ccc(-c4cccc(-c5cccc(-n6c7ccccc7c7ccccc76)c5)c4)cc23)cc1. The maximum Gasteiger partial charge on any atom is 0.0716 e. The predicted molar refractivity (Wildman–Crippen MR) is 303 cm³/mol. The highest BCUT2D eigenvalue weighted by Crippen LogP contribution is 2.39. The minimum absolute atomic E-state index is 0.941. The van der Waals surface area contributed by atoms with E-state index in [2.05, 4.69) is 282 Å². The molecule has 0 bridgehead atoms. The van der Waals surface area contributed by atoms with Gasteiger partial charge < -0.3 is 9.13 Å². The van der Waals surface area contributed by atoms with Crippen molar-refractivity contribution >= 4 is 54.5 Å². The van der Waals surface area contributed by atoms with Gasteiger partial charge in [-0.05, 0) is 141 Å². The van der Waals surface area contributed by atoms with Crippen LogP contribution in [0.25, 0.3) is 133 Å². The van der Waals surface area contributed by atoms with Crippen LogP contribution in [0.3, 0.4) is 0 Å². The molecule has 3 heterocycles. The second-order valence-electron chi connectivity index (χ2n) is 18.7. The van der Waals surface area contributed by atoms with Gasteiger partial charge in [-0.1, -0.05) is 188 Å². The van der Waals surface area contributed by atoms with Gasteiger partial charge >= 0.3 is 0 Å². The number of aromatic nitrogens is 3. The molecule has 14 rings (SSSR count). The third kappa shape index (κ3) is 7.10. The first-order valence-corrected chi connectivity index (χ1v) is 24.7. The van der Waals surface area contributed by atoms with Crippen LogP contribution in [0.15, 0.2) is 273 Å². The molecule has 3 aromatic heterocycles. The molecule has 3 heteroatoms. The Bertz CT molecular complexity index is 4290. The van der Waals surface area contributed by atoms with Crippen molar-refractivity contribution in [2.24, 2.45) is 0 Å². The van der Waals surface area contributed by atoms with Gasteiger partial charge in [0.05, 0.1) is 33.3 Å². The van der Waals surface area contributed by atoms with Crippen molar-refractivity contribution < 1.29 is 0 Å². The van der Waals surface area contributed by atoms with E-state index in [1.807, 2.05) is 0 Å². The number of hydrogen-bond donors (Lipinski definition) is 0. The second kappa shape index (κ2) is 17.1. The molecular formula is C69H45N3. The summed E-state index contributed by atoms with van der Waals surface area (Å²) in [5.41, 5.74) is 21.7. The van der Waals surface area contributed by atoms with Crippen molar-refractivity contribution in [2.75, 3.05) is 0 Å². The number of hydrogen-bond acceptors (Lipinski definition) is 1. The van der Waals surface area contributed by atoms with E-state index in [0.29, 0.717) is 0 Å². The summed E-state index contributed by atoms with van der Waals surface area (Å²) < 4.78 is 4.77. The van der Waals surface area contributed by atoms with Crippen LogP contribution < -0.4 is 0 Å². The lowest BCUT2D eigenvalue weighted by atomic mass is 9.93. The van der Waals surface area contributed by atoms with E-state index < -0.39 is 0 Å². The highest BCUT2D eigenvalue weighted by molar-refractivity contribution is 6.10. The van der Waals surface area contributed by atoms with Gasteiger partial charge in [0.15, 0.2) is 0 Å². The molecule has 0 amide bonds. The van der Waals surface area contributed by atoms with Gasteiger partial charge in [-0.3, -0.25) is 0 Å². The van der Waals surface area contributed by atoms with Crippen molar-refractivity contribution in [3.63, 3.8) is 0 Å².